The van der Waals surface area contributed by atoms with Crippen LogP contribution in [-0.4, -0.2) is 35.3 Å². The van der Waals surface area contributed by atoms with Gasteiger partial charge in [-0.1, -0.05) is 48.0 Å². The zero-order chi connectivity index (χ0) is 20.1. The number of rotatable bonds is 5. The molecule has 2 fully saturated rings. The van der Waals surface area contributed by atoms with E-state index in [0.29, 0.717) is 22.3 Å². The van der Waals surface area contributed by atoms with E-state index in [1.54, 1.807) is 0 Å². The zero-order valence-electron chi connectivity index (χ0n) is 16.8. The first-order valence-electron chi connectivity index (χ1n) is 10.6. The van der Waals surface area contributed by atoms with Gasteiger partial charge in [-0.25, -0.2) is 0 Å². The molecule has 1 spiro atoms. The number of likely N-dealkylation sites (tertiary alicyclic amines) is 1. The molecule has 29 heavy (non-hydrogen) atoms. The van der Waals surface area contributed by atoms with E-state index >= 15 is 0 Å². The molecule has 0 bridgehead atoms. The van der Waals surface area contributed by atoms with E-state index in [0.717, 1.165) is 18.2 Å². The molecule has 1 aliphatic carbocycles. The van der Waals surface area contributed by atoms with E-state index in [9.17, 15) is 0 Å². The summed E-state index contributed by atoms with van der Waals surface area (Å²) < 4.78 is 5.81. The predicted octanol–water partition coefficient (Wildman–Crippen LogP) is 6.25. The first kappa shape index (κ1) is 20.6. The summed E-state index contributed by atoms with van der Waals surface area (Å²) in [6.45, 7) is 2.73. The van der Waals surface area contributed by atoms with E-state index in [2.05, 4.69) is 40.5 Å². The van der Waals surface area contributed by atoms with Crippen LogP contribution >= 0.6 is 23.8 Å². The Balaban J connectivity index is 1.25. The largest absolute Gasteiger partial charge is 0.469 e. The van der Waals surface area contributed by atoms with Gasteiger partial charge in [-0.15, -0.1) is 0 Å². The molecule has 0 aromatic heterocycles. The summed E-state index contributed by atoms with van der Waals surface area (Å²) in [5, 5.41) is 4.20. The summed E-state index contributed by atoms with van der Waals surface area (Å²) in [6, 6.07) is 18.5. The lowest BCUT2D eigenvalue weighted by atomic mass is 9.73. The number of ether oxygens (including phenoxy) is 1. The van der Waals surface area contributed by atoms with E-state index in [1.807, 2.05) is 24.3 Å². The van der Waals surface area contributed by atoms with E-state index in [1.165, 1.54) is 50.6 Å². The van der Waals surface area contributed by atoms with Crippen LogP contribution in [0.5, 0.6) is 0 Å². The number of nitrogens with zero attached hydrogens (tertiary/aromatic N) is 1. The Morgan fingerprint density at radius 1 is 1.10 bits per heavy atom. The maximum atomic E-state index is 6.02. The highest BCUT2D eigenvalue weighted by Crippen LogP contribution is 2.46. The highest BCUT2D eigenvalue weighted by atomic mass is 35.5. The summed E-state index contributed by atoms with van der Waals surface area (Å²) in [7, 11) is 0. The predicted molar refractivity (Wildman–Crippen MR) is 125 cm³/mol. The fraction of sp³-hybridized carbons (Fsp3) is 0.458. The molecule has 3 nitrogen and oxygen atoms in total. The van der Waals surface area contributed by atoms with Gasteiger partial charge >= 0.3 is 0 Å². The van der Waals surface area contributed by atoms with Gasteiger partial charge < -0.3 is 10.1 Å². The van der Waals surface area contributed by atoms with Crippen LogP contribution in [0, 0.1) is 0 Å². The van der Waals surface area contributed by atoms with Gasteiger partial charge in [0.05, 0.1) is 0 Å². The van der Waals surface area contributed by atoms with Crippen molar-refractivity contribution in [2.75, 3.05) is 25.0 Å². The number of anilines is 1. The van der Waals surface area contributed by atoms with E-state index < -0.39 is 0 Å². The molecule has 5 heteroatoms. The second kappa shape index (κ2) is 9.46. The fourth-order valence-corrected chi connectivity index (χ4v) is 5.48. The van der Waals surface area contributed by atoms with Crippen LogP contribution in [0.1, 0.15) is 50.0 Å². The van der Waals surface area contributed by atoms with Crippen LogP contribution < -0.4 is 5.32 Å². The summed E-state index contributed by atoms with van der Waals surface area (Å²) in [5.74, 6) is 0.718. The van der Waals surface area contributed by atoms with Crippen molar-refractivity contribution in [1.82, 2.24) is 4.90 Å². The monoisotopic (exact) mass is 428 g/mol. The van der Waals surface area contributed by atoms with Crippen molar-refractivity contribution < 1.29 is 4.74 Å². The Morgan fingerprint density at radius 2 is 1.90 bits per heavy atom. The van der Waals surface area contributed by atoms with Crippen LogP contribution in [0.4, 0.5) is 5.69 Å². The average molecular weight is 429 g/mol. The van der Waals surface area contributed by atoms with Crippen LogP contribution in [0.3, 0.4) is 0 Å². The average Bonchev–Trinajstić information content (AvgIpc) is 3.11. The lowest BCUT2D eigenvalue weighted by Gasteiger charge is -2.44. The maximum absolute atomic E-state index is 6.02. The van der Waals surface area contributed by atoms with Gasteiger partial charge in [-0.3, -0.25) is 4.90 Å². The molecular formula is C24H29ClN2OS. The molecule has 1 aliphatic heterocycles. The van der Waals surface area contributed by atoms with Crippen LogP contribution in [0.2, 0.25) is 5.02 Å². The maximum Gasteiger partial charge on any atom is 0.261 e. The molecule has 0 atom stereocenters. The molecule has 1 heterocycles. The van der Waals surface area contributed by atoms with Crippen molar-refractivity contribution >= 4 is 34.7 Å². The number of nitrogens with one attached hydrogen (secondary N) is 1. The fourth-order valence-electron chi connectivity index (χ4n) is 5.09. The minimum absolute atomic E-state index is 0.372. The molecule has 2 aromatic carbocycles. The molecule has 0 radical (unpaired) electrons. The highest BCUT2D eigenvalue weighted by molar-refractivity contribution is 7.80. The summed E-state index contributed by atoms with van der Waals surface area (Å²) in [5.41, 5.74) is 2.74. The number of benzene rings is 2. The van der Waals surface area contributed by atoms with Crippen molar-refractivity contribution in [3.8, 4) is 0 Å². The Kier molecular flexibility index (Phi) is 6.74. The third-order valence-electron chi connectivity index (χ3n) is 6.59. The minimum atomic E-state index is 0.372. The van der Waals surface area contributed by atoms with Gasteiger partial charge in [0.25, 0.3) is 5.17 Å². The zero-order valence-corrected chi connectivity index (χ0v) is 18.4. The molecule has 2 aromatic rings. The van der Waals surface area contributed by atoms with Gasteiger partial charge in [-0.2, -0.15) is 0 Å². The molecule has 154 valence electrons. The SMILES string of the molecule is S=C(Nc1cccc(Cl)c1)OCCN1CCCC12CCC(c1ccccc1)CC2. The summed E-state index contributed by atoms with van der Waals surface area (Å²) in [6.07, 6.45) is 7.77. The lowest BCUT2D eigenvalue weighted by molar-refractivity contribution is 0.0712. The Labute approximate surface area is 184 Å². The molecule has 1 saturated carbocycles. The number of thiocarbonyl (C=S) groups is 1. The first-order chi connectivity index (χ1) is 14.1. The van der Waals surface area contributed by atoms with Crippen LogP contribution in [0.25, 0.3) is 0 Å². The Hall–Kier alpha value is -1.62. The van der Waals surface area contributed by atoms with Gasteiger partial charge in [0, 0.05) is 22.8 Å². The highest BCUT2D eigenvalue weighted by Gasteiger charge is 2.43. The minimum Gasteiger partial charge on any atom is -0.469 e. The summed E-state index contributed by atoms with van der Waals surface area (Å²) >= 11 is 11.4. The quantitative estimate of drug-likeness (QED) is 0.569. The molecule has 1 saturated heterocycles. The normalized spacial score (nSPS) is 24.5. The standard InChI is InChI=1S/C24H29ClN2OS/c25-21-8-4-9-22(18-21)26-23(29)28-17-16-27-15-5-12-24(27)13-10-20(11-14-24)19-6-2-1-3-7-19/h1-4,6-9,18,20H,5,10-17H2,(H,26,29). The number of hydrogen-bond acceptors (Lipinski definition) is 3. The van der Waals surface area contributed by atoms with E-state index in [-0.39, 0.29) is 0 Å². The van der Waals surface area contributed by atoms with Crippen molar-refractivity contribution in [3.05, 3.63) is 65.2 Å². The van der Waals surface area contributed by atoms with Gasteiger partial charge in [0.1, 0.15) is 6.61 Å². The smallest absolute Gasteiger partial charge is 0.261 e. The van der Waals surface area contributed by atoms with E-state index in [4.69, 9.17) is 28.6 Å². The molecule has 4 rings (SSSR count). The number of hydrogen-bond donors (Lipinski definition) is 1. The molecule has 2 aliphatic rings. The second-order valence-corrected chi connectivity index (χ2v) is 9.08. The lowest BCUT2D eigenvalue weighted by Crippen LogP contribution is -2.47. The van der Waals surface area contributed by atoms with Crippen molar-refractivity contribution in [3.63, 3.8) is 0 Å². The molecule has 0 unspecified atom stereocenters. The molecule has 1 N–H and O–H groups in total. The second-order valence-electron chi connectivity index (χ2n) is 8.27. The first-order valence-corrected chi connectivity index (χ1v) is 11.4. The summed E-state index contributed by atoms with van der Waals surface area (Å²) in [4.78, 5) is 2.66. The van der Waals surface area contributed by atoms with Crippen molar-refractivity contribution in [2.45, 2.75) is 50.0 Å². The third-order valence-corrected chi connectivity index (χ3v) is 7.05. The van der Waals surface area contributed by atoms with Gasteiger partial charge in [0.2, 0.25) is 0 Å². The number of halogens is 1. The van der Waals surface area contributed by atoms with Crippen LogP contribution in [0.15, 0.2) is 54.6 Å². The van der Waals surface area contributed by atoms with Gasteiger partial charge in [-0.05, 0) is 87.0 Å². The van der Waals surface area contributed by atoms with Crippen molar-refractivity contribution in [2.24, 2.45) is 0 Å². The molecule has 0 amide bonds. The van der Waals surface area contributed by atoms with Crippen LogP contribution in [-0.2, 0) is 4.74 Å². The topological polar surface area (TPSA) is 24.5 Å². The Morgan fingerprint density at radius 3 is 2.66 bits per heavy atom. The Bertz CT molecular complexity index is 821. The van der Waals surface area contributed by atoms with Crippen molar-refractivity contribution in [1.29, 1.82) is 0 Å². The third kappa shape index (κ3) is 5.11. The molecular weight excluding hydrogens is 400 g/mol. The van der Waals surface area contributed by atoms with Gasteiger partial charge in [0.15, 0.2) is 0 Å².